The van der Waals surface area contributed by atoms with Crippen molar-refractivity contribution in [3.63, 3.8) is 0 Å². The van der Waals surface area contributed by atoms with Crippen LogP contribution in [0.5, 0.6) is 0 Å². The average Bonchev–Trinajstić information content (AvgIpc) is 2.67. The zero-order valence-electron chi connectivity index (χ0n) is 16.4. The van der Waals surface area contributed by atoms with Crippen LogP contribution in [0, 0.1) is 0 Å². The number of nitrogens with zero attached hydrogens (tertiary/aromatic N) is 1. The lowest BCUT2D eigenvalue weighted by Gasteiger charge is -2.23. The van der Waals surface area contributed by atoms with Crippen LogP contribution in [0.3, 0.4) is 0 Å². The topological polar surface area (TPSA) is 95.7 Å². The van der Waals surface area contributed by atoms with Crippen LogP contribution in [-0.4, -0.2) is 22.0 Å². The molecule has 0 heterocycles. The van der Waals surface area contributed by atoms with E-state index >= 15 is 0 Å². The van der Waals surface area contributed by atoms with Gasteiger partial charge in [0, 0.05) is 22.0 Å². The monoisotopic (exact) mass is 413 g/mol. The summed E-state index contributed by atoms with van der Waals surface area (Å²) in [6.07, 6.45) is -0.134. The van der Waals surface area contributed by atoms with E-state index in [4.69, 9.17) is 22.6 Å². The van der Waals surface area contributed by atoms with E-state index in [1.54, 1.807) is 50.2 Å². The first-order chi connectivity index (χ1) is 13.7. The van der Waals surface area contributed by atoms with Gasteiger partial charge < -0.3 is 15.4 Å². The van der Waals surface area contributed by atoms with Gasteiger partial charge in [0.2, 0.25) is 0 Å². The Bertz CT molecular complexity index is 935. The number of allylic oxidation sites excluding steroid dienone is 2. The first-order valence-electron chi connectivity index (χ1n) is 8.93. The molecule has 152 valence electrons. The summed E-state index contributed by atoms with van der Waals surface area (Å²) >= 11 is 5.84. The van der Waals surface area contributed by atoms with Gasteiger partial charge in [-0.15, -0.1) is 0 Å². The molecule has 0 aliphatic heterocycles. The molecule has 2 aromatic carbocycles. The molecule has 0 saturated carbocycles. The Morgan fingerprint density at radius 3 is 2.21 bits per heavy atom. The molecule has 7 heteroatoms. The van der Waals surface area contributed by atoms with Crippen molar-refractivity contribution in [1.82, 2.24) is 5.01 Å². The van der Waals surface area contributed by atoms with Gasteiger partial charge in [0.15, 0.2) is 0 Å². The van der Waals surface area contributed by atoms with Crippen LogP contribution in [-0.2, 0) is 11.3 Å². The fourth-order valence-corrected chi connectivity index (χ4v) is 2.85. The third-order valence-corrected chi connectivity index (χ3v) is 4.63. The second-order valence-electron chi connectivity index (χ2n) is 6.70. The van der Waals surface area contributed by atoms with Gasteiger partial charge in [-0.2, -0.15) is 0 Å². The van der Waals surface area contributed by atoms with Gasteiger partial charge in [-0.3, -0.25) is 9.59 Å². The van der Waals surface area contributed by atoms with Crippen LogP contribution in [0.25, 0.3) is 0 Å². The number of halogens is 1. The Labute approximate surface area is 175 Å². The minimum absolute atomic E-state index is 0.134. The van der Waals surface area contributed by atoms with Crippen LogP contribution in [0.15, 0.2) is 72.0 Å². The summed E-state index contributed by atoms with van der Waals surface area (Å²) in [6, 6.07) is 13.9. The van der Waals surface area contributed by atoms with Gasteiger partial charge >= 0.3 is 5.97 Å². The highest BCUT2D eigenvalue weighted by Gasteiger charge is 2.13. The normalized spacial score (nSPS) is 11.4. The summed E-state index contributed by atoms with van der Waals surface area (Å²) in [4.78, 5) is 23.3. The van der Waals surface area contributed by atoms with Crippen LogP contribution < -0.4 is 11.2 Å². The van der Waals surface area contributed by atoms with Crippen LogP contribution in [0.1, 0.15) is 36.2 Å². The number of anilines is 1. The number of carbonyl (C=O) groups excluding carboxylic acids is 1. The molecular formula is C22H24ClN3O3. The number of carboxylic acid groups (broad SMARTS) is 1. The highest BCUT2D eigenvalue weighted by Crippen LogP contribution is 2.20. The number of nitrogens with one attached hydrogen (secondary N) is 1. The molecule has 0 fully saturated rings. The molecule has 0 aliphatic carbocycles. The summed E-state index contributed by atoms with van der Waals surface area (Å²) in [7, 11) is 0. The number of amides is 1. The number of nitrogens with two attached hydrogens (primary N) is 1. The Morgan fingerprint density at radius 1 is 1.10 bits per heavy atom. The Morgan fingerprint density at radius 2 is 1.69 bits per heavy atom. The Balaban J connectivity index is 2.06. The van der Waals surface area contributed by atoms with Crippen molar-refractivity contribution in [2.75, 3.05) is 5.32 Å². The summed E-state index contributed by atoms with van der Waals surface area (Å²) in [5, 5.41) is 14.0. The van der Waals surface area contributed by atoms with Crippen molar-refractivity contribution in [2.24, 2.45) is 5.84 Å². The molecule has 0 radical (unpaired) electrons. The predicted octanol–water partition coefficient (Wildman–Crippen LogP) is 4.59. The number of carbonyl (C=O) groups is 2. The molecule has 4 N–H and O–H groups in total. The molecule has 0 aliphatic rings. The smallest absolute Gasteiger partial charge is 0.307 e. The molecule has 2 aromatic rings. The van der Waals surface area contributed by atoms with Crippen molar-refractivity contribution in [1.29, 1.82) is 0 Å². The number of aliphatic carboxylic acids is 1. The fourth-order valence-electron chi connectivity index (χ4n) is 2.73. The van der Waals surface area contributed by atoms with E-state index in [1.165, 1.54) is 5.01 Å². The molecule has 0 spiro atoms. The molecule has 0 bridgehead atoms. The van der Waals surface area contributed by atoms with Crippen molar-refractivity contribution >= 4 is 29.2 Å². The maximum Gasteiger partial charge on any atom is 0.307 e. The SMILES string of the molecule is C=C(C)/C(CC(=O)O)=C(/C)N(N)Cc1ccc(NC(=O)c2ccc(Cl)cc2)cc1. The molecule has 29 heavy (non-hydrogen) atoms. The summed E-state index contributed by atoms with van der Waals surface area (Å²) in [5.41, 5.74) is 4.00. The Kier molecular flexibility index (Phi) is 7.59. The molecule has 0 unspecified atom stereocenters. The minimum atomic E-state index is -0.934. The zero-order valence-corrected chi connectivity index (χ0v) is 17.2. The van der Waals surface area contributed by atoms with E-state index in [0.29, 0.717) is 39.7 Å². The summed E-state index contributed by atoms with van der Waals surface area (Å²) in [6.45, 7) is 7.75. The molecular weight excluding hydrogens is 390 g/mol. The van der Waals surface area contributed by atoms with E-state index in [-0.39, 0.29) is 12.3 Å². The maximum atomic E-state index is 12.3. The number of benzene rings is 2. The van der Waals surface area contributed by atoms with Crippen molar-refractivity contribution < 1.29 is 14.7 Å². The molecule has 6 nitrogen and oxygen atoms in total. The van der Waals surface area contributed by atoms with Gasteiger partial charge in [-0.05, 0) is 61.4 Å². The number of hydrogen-bond acceptors (Lipinski definition) is 4. The second kappa shape index (κ2) is 9.91. The van der Waals surface area contributed by atoms with E-state index < -0.39 is 5.97 Å². The Hall–Kier alpha value is -3.09. The largest absolute Gasteiger partial charge is 0.481 e. The third kappa shape index (κ3) is 6.48. The molecule has 0 saturated heterocycles. The van der Waals surface area contributed by atoms with Gasteiger partial charge in [-0.25, -0.2) is 5.84 Å². The van der Waals surface area contributed by atoms with Gasteiger partial charge in [-0.1, -0.05) is 35.9 Å². The maximum absolute atomic E-state index is 12.3. The van der Waals surface area contributed by atoms with Crippen molar-refractivity contribution in [2.45, 2.75) is 26.8 Å². The van der Waals surface area contributed by atoms with Crippen LogP contribution >= 0.6 is 11.6 Å². The fraction of sp³-hybridized carbons (Fsp3) is 0.182. The predicted molar refractivity (Wildman–Crippen MR) is 115 cm³/mol. The lowest BCUT2D eigenvalue weighted by molar-refractivity contribution is -0.136. The van der Waals surface area contributed by atoms with Gasteiger partial charge in [0.25, 0.3) is 5.91 Å². The van der Waals surface area contributed by atoms with E-state index in [2.05, 4.69) is 11.9 Å². The van der Waals surface area contributed by atoms with Crippen LogP contribution in [0.4, 0.5) is 5.69 Å². The van der Waals surface area contributed by atoms with Crippen LogP contribution in [0.2, 0.25) is 5.02 Å². The number of hydrogen-bond donors (Lipinski definition) is 3. The number of carboxylic acids is 1. The first-order valence-corrected chi connectivity index (χ1v) is 9.30. The summed E-state index contributed by atoms with van der Waals surface area (Å²) < 4.78 is 0. The minimum Gasteiger partial charge on any atom is -0.481 e. The molecule has 1 amide bonds. The van der Waals surface area contributed by atoms with E-state index in [9.17, 15) is 9.59 Å². The average molecular weight is 414 g/mol. The molecule has 0 aromatic heterocycles. The van der Waals surface area contributed by atoms with Gasteiger partial charge in [0.1, 0.15) is 0 Å². The highest BCUT2D eigenvalue weighted by atomic mass is 35.5. The van der Waals surface area contributed by atoms with E-state index in [1.807, 2.05) is 12.1 Å². The first kappa shape index (κ1) is 22.2. The highest BCUT2D eigenvalue weighted by molar-refractivity contribution is 6.30. The zero-order chi connectivity index (χ0) is 21.6. The van der Waals surface area contributed by atoms with Crippen molar-refractivity contribution in [3.8, 4) is 0 Å². The molecule has 0 atom stereocenters. The quantitative estimate of drug-likeness (QED) is 0.334. The lowest BCUT2D eigenvalue weighted by atomic mass is 10.0. The number of hydrazine groups is 1. The lowest BCUT2D eigenvalue weighted by Crippen LogP contribution is -2.30. The summed E-state index contributed by atoms with van der Waals surface area (Å²) in [5.74, 6) is 4.97. The second-order valence-corrected chi connectivity index (χ2v) is 7.14. The van der Waals surface area contributed by atoms with Crippen molar-refractivity contribution in [3.05, 3.63) is 88.1 Å². The number of rotatable bonds is 8. The third-order valence-electron chi connectivity index (χ3n) is 4.38. The van der Waals surface area contributed by atoms with E-state index in [0.717, 1.165) is 5.56 Å². The molecule has 2 rings (SSSR count). The standard InChI is InChI=1S/C22H24ClN3O3/c1-14(2)20(12-21(27)28)15(3)26(24)13-16-4-10-19(11-5-16)25-22(29)17-6-8-18(23)9-7-17/h4-11H,1,12-13,24H2,2-3H3,(H,25,29)(H,27,28)/b20-15-. The van der Waals surface area contributed by atoms with Gasteiger partial charge in [0.05, 0.1) is 13.0 Å².